The van der Waals surface area contributed by atoms with Gasteiger partial charge >= 0.3 is 0 Å². The molecule has 0 heterocycles. The van der Waals surface area contributed by atoms with E-state index in [2.05, 4.69) is 34.6 Å². The van der Waals surface area contributed by atoms with E-state index in [-0.39, 0.29) is 0 Å². The highest BCUT2D eigenvalue weighted by Gasteiger charge is 2.12. The number of allylic oxidation sites excluding steroid dienone is 2. The van der Waals surface area contributed by atoms with Crippen molar-refractivity contribution in [3.05, 3.63) is 11.1 Å². The number of rotatable bonds is 10. The summed E-state index contributed by atoms with van der Waals surface area (Å²) in [5.74, 6) is 0.863. The molecule has 0 saturated carbocycles. The molecule has 0 bridgehead atoms. The van der Waals surface area contributed by atoms with Crippen molar-refractivity contribution in [2.75, 3.05) is 0 Å². The molecule has 0 spiro atoms. The lowest BCUT2D eigenvalue weighted by molar-refractivity contribution is 0.480. The van der Waals surface area contributed by atoms with Crippen LogP contribution in [0.1, 0.15) is 92.4 Å². The van der Waals surface area contributed by atoms with Gasteiger partial charge in [0.15, 0.2) is 0 Å². The fraction of sp³-hybridized carbons (Fsp3) is 0.882. The molecule has 0 radical (unpaired) electrons. The lowest BCUT2D eigenvalue weighted by atomic mass is 9.85. The van der Waals surface area contributed by atoms with Gasteiger partial charge in [0.05, 0.1) is 0 Å². The number of hydrogen-bond donors (Lipinski definition) is 0. The molecule has 102 valence electrons. The summed E-state index contributed by atoms with van der Waals surface area (Å²) < 4.78 is 0. The maximum Gasteiger partial charge on any atom is -0.0203 e. The van der Waals surface area contributed by atoms with Crippen molar-refractivity contribution in [2.24, 2.45) is 5.92 Å². The largest absolute Gasteiger partial charge is 0.0741 e. The molecule has 0 saturated heterocycles. The van der Waals surface area contributed by atoms with Crippen LogP contribution in [0, 0.1) is 5.92 Å². The molecule has 0 N–H and O–H groups in total. The van der Waals surface area contributed by atoms with E-state index < -0.39 is 0 Å². The molecule has 1 atom stereocenters. The van der Waals surface area contributed by atoms with Gasteiger partial charge in [-0.2, -0.15) is 0 Å². The van der Waals surface area contributed by atoms with Crippen molar-refractivity contribution < 1.29 is 0 Å². The smallest absolute Gasteiger partial charge is 0.0203 e. The lowest BCUT2D eigenvalue weighted by Crippen LogP contribution is -2.05. The van der Waals surface area contributed by atoms with Gasteiger partial charge in [0.25, 0.3) is 0 Å². The van der Waals surface area contributed by atoms with Crippen molar-refractivity contribution >= 4 is 0 Å². The van der Waals surface area contributed by atoms with E-state index >= 15 is 0 Å². The van der Waals surface area contributed by atoms with Crippen LogP contribution < -0.4 is 0 Å². The van der Waals surface area contributed by atoms with Gasteiger partial charge in [0.2, 0.25) is 0 Å². The van der Waals surface area contributed by atoms with Gasteiger partial charge in [-0.15, -0.1) is 0 Å². The molecule has 0 rings (SSSR count). The molecule has 0 aromatic carbocycles. The Kier molecular flexibility index (Phi) is 10.7. The summed E-state index contributed by atoms with van der Waals surface area (Å²) in [5.41, 5.74) is 3.40. The van der Waals surface area contributed by atoms with Crippen molar-refractivity contribution in [2.45, 2.75) is 92.4 Å². The van der Waals surface area contributed by atoms with E-state index in [4.69, 9.17) is 0 Å². The molecule has 0 aliphatic carbocycles. The first-order chi connectivity index (χ1) is 8.21. The van der Waals surface area contributed by atoms with Crippen molar-refractivity contribution in [3.63, 3.8) is 0 Å². The fourth-order valence-electron chi connectivity index (χ4n) is 2.79. The standard InChI is InChI=1S/C17H34/c1-6-10-11-12-13-14-16(8-3)17(9-4)15(5)7-2/h16H,6-14H2,1-5H3. The molecule has 0 heteroatoms. The summed E-state index contributed by atoms with van der Waals surface area (Å²) in [6, 6.07) is 0. The van der Waals surface area contributed by atoms with E-state index in [0.29, 0.717) is 0 Å². The van der Waals surface area contributed by atoms with E-state index in [1.165, 1.54) is 57.8 Å². The van der Waals surface area contributed by atoms with Crippen LogP contribution in [0.2, 0.25) is 0 Å². The van der Waals surface area contributed by atoms with Gasteiger partial charge in [0, 0.05) is 0 Å². The predicted octanol–water partition coefficient (Wildman–Crippen LogP) is 6.51. The second-order valence-corrected chi connectivity index (χ2v) is 5.32. The zero-order valence-corrected chi connectivity index (χ0v) is 12.9. The van der Waals surface area contributed by atoms with Crippen molar-refractivity contribution in [3.8, 4) is 0 Å². The van der Waals surface area contributed by atoms with Gasteiger partial charge in [-0.05, 0) is 38.5 Å². The average Bonchev–Trinajstić information content (AvgIpc) is 2.36. The zero-order valence-electron chi connectivity index (χ0n) is 12.9. The van der Waals surface area contributed by atoms with Crippen LogP contribution in [0.5, 0.6) is 0 Å². The summed E-state index contributed by atoms with van der Waals surface area (Å²) >= 11 is 0. The van der Waals surface area contributed by atoms with Gasteiger partial charge < -0.3 is 0 Å². The molecule has 0 fully saturated rings. The molecule has 0 nitrogen and oxygen atoms in total. The van der Waals surface area contributed by atoms with Crippen LogP contribution in [0.4, 0.5) is 0 Å². The summed E-state index contributed by atoms with van der Waals surface area (Å²) in [7, 11) is 0. The van der Waals surface area contributed by atoms with E-state index in [1.54, 1.807) is 11.1 Å². The first kappa shape index (κ1) is 16.7. The van der Waals surface area contributed by atoms with Crippen LogP contribution in [0.15, 0.2) is 11.1 Å². The molecule has 0 aliphatic heterocycles. The summed E-state index contributed by atoms with van der Waals surface area (Å²) in [4.78, 5) is 0. The molecule has 0 aliphatic rings. The van der Waals surface area contributed by atoms with Gasteiger partial charge in [0.1, 0.15) is 0 Å². The molecular formula is C17H34. The highest BCUT2D eigenvalue weighted by Crippen LogP contribution is 2.28. The Labute approximate surface area is 110 Å². The van der Waals surface area contributed by atoms with Crippen molar-refractivity contribution in [1.82, 2.24) is 0 Å². The Morgan fingerprint density at radius 3 is 1.94 bits per heavy atom. The Balaban J connectivity index is 4.13. The van der Waals surface area contributed by atoms with E-state index in [1.807, 2.05) is 0 Å². The van der Waals surface area contributed by atoms with Crippen LogP contribution in [-0.2, 0) is 0 Å². The Morgan fingerprint density at radius 1 is 0.824 bits per heavy atom. The maximum absolute atomic E-state index is 2.36. The van der Waals surface area contributed by atoms with Crippen molar-refractivity contribution in [1.29, 1.82) is 0 Å². The summed E-state index contributed by atoms with van der Waals surface area (Å²) in [5, 5.41) is 0. The molecule has 17 heavy (non-hydrogen) atoms. The Hall–Kier alpha value is -0.260. The van der Waals surface area contributed by atoms with Gasteiger partial charge in [-0.3, -0.25) is 0 Å². The third kappa shape index (κ3) is 6.91. The van der Waals surface area contributed by atoms with Gasteiger partial charge in [-0.25, -0.2) is 0 Å². The van der Waals surface area contributed by atoms with Crippen LogP contribution >= 0.6 is 0 Å². The SMILES string of the molecule is CCCCCCCC(CC)C(CC)=C(C)CC. The zero-order chi connectivity index (χ0) is 13.1. The Bertz CT molecular complexity index is 200. The maximum atomic E-state index is 2.36. The van der Waals surface area contributed by atoms with E-state index in [0.717, 1.165) is 5.92 Å². The first-order valence-electron chi connectivity index (χ1n) is 7.89. The van der Waals surface area contributed by atoms with Crippen LogP contribution in [0.25, 0.3) is 0 Å². The monoisotopic (exact) mass is 238 g/mol. The second kappa shape index (κ2) is 10.9. The predicted molar refractivity (Wildman–Crippen MR) is 80.4 cm³/mol. The third-order valence-corrected chi connectivity index (χ3v) is 4.10. The highest BCUT2D eigenvalue weighted by atomic mass is 14.2. The average molecular weight is 238 g/mol. The van der Waals surface area contributed by atoms with Gasteiger partial charge in [-0.1, -0.05) is 70.9 Å². The third-order valence-electron chi connectivity index (χ3n) is 4.10. The molecular weight excluding hydrogens is 204 g/mol. The van der Waals surface area contributed by atoms with E-state index in [9.17, 15) is 0 Å². The summed E-state index contributed by atoms with van der Waals surface area (Å²) in [6.07, 6.45) is 12.3. The quantitative estimate of drug-likeness (QED) is 0.300. The number of unbranched alkanes of at least 4 members (excludes halogenated alkanes) is 4. The topological polar surface area (TPSA) is 0 Å². The molecule has 0 amide bonds. The Morgan fingerprint density at radius 2 is 1.47 bits per heavy atom. The van der Waals surface area contributed by atoms with Crippen LogP contribution in [-0.4, -0.2) is 0 Å². The molecule has 0 aromatic heterocycles. The normalized spacial score (nSPS) is 14.6. The number of hydrogen-bond acceptors (Lipinski definition) is 0. The summed E-state index contributed by atoms with van der Waals surface area (Å²) in [6.45, 7) is 11.6. The molecule has 1 unspecified atom stereocenters. The minimum atomic E-state index is 0.863. The molecule has 0 aromatic rings. The fourth-order valence-corrected chi connectivity index (χ4v) is 2.79. The second-order valence-electron chi connectivity index (χ2n) is 5.32. The van der Waals surface area contributed by atoms with Crippen LogP contribution in [0.3, 0.4) is 0 Å². The minimum Gasteiger partial charge on any atom is -0.0741 e. The highest BCUT2D eigenvalue weighted by molar-refractivity contribution is 5.14. The first-order valence-corrected chi connectivity index (χ1v) is 7.89. The lowest BCUT2D eigenvalue weighted by Gasteiger charge is -2.20. The minimum absolute atomic E-state index is 0.863.